The molecule has 3 aromatic heterocycles. The number of hydrogen-bond acceptors (Lipinski definition) is 10. The van der Waals surface area contributed by atoms with Gasteiger partial charge in [-0.3, -0.25) is 9.59 Å². The van der Waals surface area contributed by atoms with Crippen LogP contribution in [0.4, 0.5) is 0 Å². The van der Waals surface area contributed by atoms with Crippen molar-refractivity contribution in [3.8, 4) is 28.3 Å². The molecule has 0 aliphatic heterocycles. The summed E-state index contributed by atoms with van der Waals surface area (Å²) in [6.07, 6.45) is 8.71. The summed E-state index contributed by atoms with van der Waals surface area (Å²) in [7, 11) is 0. The Morgan fingerprint density at radius 2 is 1.60 bits per heavy atom. The number of aromatic nitrogens is 4. The van der Waals surface area contributed by atoms with Gasteiger partial charge >= 0.3 is 0 Å². The summed E-state index contributed by atoms with van der Waals surface area (Å²) in [6, 6.07) is 17.2. The third-order valence-corrected chi connectivity index (χ3v) is 10.4. The molecular weight excluding hydrogens is 709 g/mol. The van der Waals surface area contributed by atoms with Crippen LogP contribution in [-0.4, -0.2) is 55.8 Å². The van der Waals surface area contributed by atoms with E-state index in [0.717, 1.165) is 45.9 Å². The van der Waals surface area contributed by atoms with Crippen LogP contribution in [0.25, 0.3) is 22.5 Å². The quantitative estimate of drug-likeness (QED) is 0.0544. The summed E-state index contributed by atoms with van der Waals surface area (Å²) in [6.45, 7) is 10.7. The average molecular weight is 757 g/mol. The number of ether oxygens (including phenoxy) is 1. The van der Waals surface area contributed by atoms with Crippen LogP contribution >= 0.6 is 23.6 Å². The van der Waals surface area contributed by atoms with Gasteiger partial charge in [-0.2, -0.15) is 0 Å². The Labute approximate surface area is 319 Å². The molecular formula is C40H48N6O5S2. The highest BCUT2D eigenvalue weighted by Gasteiger charge is 2.30. The van der Waals surface area contributed by atoms with Crippen LogP contribution in [0.1, 0.15) is 98.8 Å². The molecule has 280 valence electrons. The molecule has 5 aromatic rings. The smallest absolute Gasteiger partial charge is 0.284 e. The van der Waals surface area contributed by atoms with Gasteiger partial charge in [0.15, 0.2) is 5.82 Å². The maximum absolute atomic E-state index is 13.8. The van der Waals surface area contributed by atoms with Crippen molar-refractivity contribution in [2.24, 2.45) is 0 Å². The molecule has 3 atom stereocenters. The van der Waals surface area contributed by atoms with Crippen LogP contribution in [-0.2, 0) is 16.6 Å². The SMILES string of the molecule is CCCCCCCOc1ccc(-c2cnc(-c3ccc(C[C@H](NC(=O)c4ccc(C(C)(C)C)s4)C(=O)N[C@@H](c4n[nH]c(=S)o4)[C@@H](C)O)cc3)nc2)cc1. The fraction of sp³-hybridized carbons (Fsp3) is 0.400. The summed E-state index contributed by atoms with van der Waals surface area (Å²) < 4.78 is 11.3. The average Bonchev–Trinajstić information content (AvgIpc) is 3.82. The van der Waals surface area contributed by atoms with Gasteiger partial charge in [0, 0.05) is 34.8 Å². The lowest BCUT2D eigenvalue weighted by atomic mass is 9.95. The molecule has 3 heterocycles. The number of aliphatic hydroxyl groups is 1. The van der Waals surface area contributed by atoms with Gasteiger partial charge in [0.25, 0.3) is 10.7 Å². The zero-order valence-corrected chi connectivity index (χ0v) is 32.5. The summed E-state index contributed by atoms with van der Waals surface area (Å²) >= 11 is 6.37. The third kappa shape index (κ3) is 11.1. The number of rotatable bonds is 17. The van der Waals surface area contributed by atoms with Gasteiger partial charge in [0.05, 0.1) is 17.6 Å². The van der Waals surface area contributed by atoms with Crippen LogP contribution in [0.2, 0.25) is 0 Å². The monoisotopic (exact) mass is 756 g/mol. The maximum Gasteiger partial charge on any atom is 0.284 e. The van der Waals surface area contributed by atoms with Gasteiger partial charge in [-0.05, 0) is 66.4 Å². The molecule has 4 N–H and O–H groups in total. The second-order valence-electron chi connectivity index (χ2n) is 14.1. The zero-order valence-electron chi connectivity index (χ0n) is 30.8. The van der Waals surface area contributed by atoms with Crippen LogP contribution < -0.4 is 15.4 Å². The van der Waals surface area contributed by atoms with Crippen molar-refractivity contribution in [1.82, 2.24) is 30.8 Å². The molecule has 0 aliphatic rings. The first-order chi connectivity index (χ1) is 25.4. The summed E-state index contributed by atoms with van der Waals surface area (Å²) in [5, 5.41) is 22.6. The number of nitrogens with zero attached hydrogens (tertiary/aromatic N) is 3. The second-order valence-corrected chi connectivity index (χ2v) is 15.6. The molecule has 0 aliphatic carbocycles. The number of carbonyl (C=O) groups is 2. The molecule has 0 radical (unpaired) electrons. The highest BCUT2D eigenvalue weighted by Crippen LogP contribution is 2.30. The molecule has 0 saturated heterocycles. The van der Waals surface area contributed by atoms with Gasteiger partial charge in [-0.15, -0.1) is 16.4 Å². The predicted octanol–water partition coefficient (Wildman–Crippen LogP) is 8.14. The van der Waals surface area contributed by atoms with Gasteiger partial charge < -0.3 is 24.9 Å². The Bertz CT molecular complexity index is 1980. The van der Waals surface area contributed by atoms with Gasteiger partial charge in [-0.1, -0.05) is 89.8 Å². The molecule has 0 unspecified atom stereocenters. The van der Waals surface area contributed by atoms with Crippen molar-refractivity contribution in [2.45, 2.75) is 96.7 Å². The lowest BCUT2D eigenvalue weighted by Crippen LogP contribution is -2.50. The first-order valence-corrected chi connectivity index (χ1v) is 19.2. The highest BCUT2D eigenvalue weighted by molar-refractivity contribution is 7.71. The molecule has 13 heteroatoms. The third-order valence-electron chi connectivity index (χ3n) is 8.70. The van der Waals surface area contributed by atoms with Crippen molar-refractivity contribution in [2.75, 3.05) is 6.61 Å². The first kappa shape index (κ1) is 39.5. The number of carbonyl (C=O) groups excluding carboxylic acids is 2. The number of aliphatic hydroxyl groups excluding tert-OH is 1. The number of amides is 2. The Morgan fingerprint density at radius 1 is 0.925 bits per heavy atom. The fourth-order valence-electron chi connectivity index (χ4n) is 5.61. The first-order valence-electron chi connectivity index (χ1n) is 18.0. The van der Waals surface area contributed by atoms with Crippen molar-refractivity contribution >= 4 is 35.4 Å². The minimum atomic E-state index is -1.06. The number of unbranched alkanes of at least 4 members (excludes halogenated alkanes) is 4. The minimum absolute atomic E-state index is 0.0126. The molecule has 0 saturated carbocycles. The van der Waals surface area contributed by atoms with E-state index in [2.05, 4.69) is 58.5 Å². The largest absolute Gasteiger partial charge is 0.494 e. The Morgan fingerprint density at radius 3 is 2.21 bits per heavy atom. The fourth-order valence-corrected chi connectivity index (χ4v) is 6.71. The molecule has 11 nitrogen and oxygen atoms in total. The lowest BCUT2D eigenvalue weighted by Gasteiger charge is -2.23. The lowest BCUT2D eigenvalue weighted by molar-refractivity contribution is -0.124. The van der Waals surface area contributed by atoms with Crippen LogP contribution in [0.15, 0.2) is 77.5 Å². The van der Waals surface area contributed by atoms with E-state index in [4.69, 9.17) is 21.4 Å². The summed E-state index contributed by atoms with van der Waals surface area (Å²) in [4.78, 5) is 38.0. The highest BCUT2D eigenvalue weighted by atomic mass is 32.1. The van der Waals surface area contributed by atoms with E-state index in [-0.39, 0.29) is 28.5 Å². The van der Waals surface area contributed by atoms with Gasteiger partial charge in [0.1, 0.15) is 17.8 Å². The molecule has 0 fully saturated rings. The number of nitrogens with one attached hydrogen (secondary N) is 3. The molecule has 2 amide bonds. The van der Waals surface area contributed by atoms with Crippen LogP contribution in [0, 0.1) is 4.84 Å². The van der Waals surface area contributed by atoms with E-state index in [1.54, 1.807) is 18.5 Å². The number of H-pyrrole nitrogens is 1. The molecule has 0 bridgehead atoms. The Kier molecular flexibility index (Phi) is 13.7. The van der Waals surface area contributed by atoms with Gasteiger partial charge in [-0.25, -0.2) is 15.1 Å². The number of hydrogen-bond donors (Lipinski definition) is 4. The normalized spacial score (nSPS) is 13.2. The molecule has 2 aromatic carbocycles. The Balaban J connectivity index is 1.26. The molecule has 5 rings (SSSR count). The second kappa shape index (κ2) is 18.4. The van der Waals surface area contributed by atoms with E-state index in [1.165, 1.54) is 43.9 Å². The number of aromatic amines is 1. The Hall–Kier alpha value is -4.72. The zero-order chi connectivity index (χ0) is 38.0. The van der Waals surface area contributed by atoms with Crippen molar-refractivity contribution in [3.05, 3.63) is 99.1 Å². The van der Waals surface area contributed by atoms with E-state index in [0.29, 0.717) is 10.7 Å². The van der Waals surface area contributed by atoms with E-state index >= 15 is 0 Å². The summed E-state index contributed by atoms with van der Waals surface area (Å²) in [5.41, 5.74) is 3.36. The van der Waals surface area contributed by atoms with Crippen LogP contribution in [0.5, 0.6) is 5.75 Å². The summed E-state index contributed by atoms with van der Waals surface area (Å²) in [5.74, 6) is 0.542. The minimum Gasteiger partial charge on any atom is -0.494 e. The van der Waals surface area contributed by atoms with Gasteiger partial charge in [0.2, 0.25) is 11.8 Å². The van der Waals surface area contributed by atoms with E-state index in [9.17, 15) is 14.7 Å². The topological polar surface area (TPSA) is 155 Å². The predicted molar refractivity (Wildman–Crippen MR) is 209 cm³/mol. The maximum atomic E-state index is 13.8. The van der Waals surface area contributed by atoms with Crippen molar-refractivity contribution < 1.29 is 23.8 Å². The van der Waals surface area contributed by atoms with E-state index < -0.39 is 24.1 Å². The van der Waals surface area contributed by atoms with Crippen molar-refractivity contribution in [3.63, 3.8) is 0 Å². The molecule has 0 spiro atoms. The van der Waals surface area contributed by atoms with Crippen molar-refractivity contribution in [1.29, 1.82) is 0 Å². The number of thiophene rings is 1. The number of benzene rings is 2. The standard InChI is InChI=1S/C40H48N6O5S2/c1-6-7-8-9-10-21-50-30-17-15-27(16-18-30)29-23-41-35(42-24-29)28-13-11-26(12-14-28)22-31(43-37(49)32-19-20-33(53-32)40(3,4)5)36(48)44-34(25(2)47)38-45-46-39(52)51-38/h11-20,23-25,31,34,47H,6-10,21-22H2,1-5H3,(H,43,49)(H,44,48)(H,46,52)/t25-,31+,34-/m1/s1. The van der Waals surface area contributed by atoms with E-state index in [1.807, 2.05) is 54.6 Å². The molecule has 53 heavy (non-hydrogen) atoms. The van der Waals surface area contributed by atoms with Crippen LogP contribution in [0.3, 0.4) is 0 Å².